The van der Waals surface area contributed by atoms with Gasteiger partial charge in [-0.25, -0.2) is 0 Å². The molecule has 4 nitrogen and oxygen atoms in total. The first-order valence-electron chi connectivity index (χ1n) is 6.56. The molecule has 1 aromatic rings. The zero-order valence-corrected chi connectivity index (χ0v) is 13.2. The standard InChI is InChI=1S/C14H19BClNO3/c1-9-10(12(18)17-8-11(9)16)6-7-15-19-13(2,3)14(4,5)20-15/h6-8H,1-5H3,(H,17,18)/b7-6+. The normalized spacial score (nSPS) is 20.8. The average Bonchev–Trinajstić information content (AvgIpc) is 2.53. The van der Waals surface area contributed by atoms with Crippen LogP contribution in [0, 0.1) is 6.92 Å². The van der Waals surface area contributed by atoms with E-state index in [1.54, 1.807) is 12.1 Å². The number of halogens is 1. The molecule has 1 aliphatic rings. The second-order valence-corrected chi connectivity index (χ2v) is 6.40. The van der Waals surface area contributed by atoms with Crippen LogP contribution in [-0.2, 0) is 9.31 Å². The smallest absolute Gasteiger partial charge is 0.400 e. The number of H-pyrrole nitrogens is 1. The molecule has 6 heteroatoms. The van der Waals surface area contributed by atoms with Crippen LogP contribution in [0.3, 0.4) is 0 Å². The van der Waals surface area contributed by atoms with Crippen LogP contribution < -0.4 is 5.56 Å². The zero-order valence-electron chi connectivity index (χ0n) is 12.4. The van der Waals surface area contributed by atoms with Crippen molar-refractivity contribution >= 4 is 24.8 Å². The van der Waals surface area contributed by atoms with Crippen LogP contribution in [0.15, 0.2) is 17.0 Å². The van der Waals surface area contributed by atoms with E-state index in [-0.39, 0.29) is 5.56 Å². The molecule has 0 amide bonds. The number of pyridine rings is 1. The molecule has 0 aromatic carbocycles. The second kappa shape index (κ2) is 5.06. The van der Waals surface area contributed by atoms with Crippen molar-refractivity contribution in [3.63, 3.8) is 0 Å². The highest BCUT2D eigenvalue weighted by molar-refractivity contribution is 6.52. The lowest BCUT2D eigenvalue weighted by Gasteiger charge is -2.32. The van der Waals surface area contributed by atoms with Gasteiger partial charge in [-0.2, -0.15) is 0 Å². The molecule has 1 aromatic heterocycles. The summed E-state index contributed by atoms with van der Waals surface area (Å²) in [6, 6.07) is 0. The fourth-order valence-corrected chi connectivity index (χ4v) is 2.11. The summed E-state index contributed by atoms with van der Waals surface area (Å²) in [5.74, 6) is 1.74. The van der Waals surface area contributed by atoms with Gasteiger partial charge in [-0.1, -0.05) is 23.7 Å². The molecule has 1 aliphatic heterocycles. The van der Waals surface area contributed by atoms with Gasteiger partial charge in [-0.3, -0.25) is 4.79 Å². The molecular formula is C14H19BClNO3. The number of hydrogen-bond donors (Lipinski definition) is 1. The summed E-state index contributed by atoms with van der Waals surface area (Å²) in [5, 5.41) is 0.526. The minimum Gasteiger partial charge on any atom is -0.400 e. The highest BCUT2D eigenvalue weighted by Gasteiger charge is 2.50. The summed E-state index contributed by atoms with van der Waals surface area (Å²) in [5.41, 5.74) is 0.297. The van der Waals surface area contributed by atoms with Crippen molar-refractivity contribution in [2.24, 2.45) is 0 Å². The van der Waals surface area contributed by atoms with Crippen molar-refractivity contribution in [2.75, 3.05) is 0 Å². The monoisotopic (exact) mass is 295 g/mol. The molecule has 0 aliphatic carbocycles. The van der Waals surface area contributed by atoms with Crippen molar-refractivity contribution in [1.82, 2.24) is 4.98 Å². The maximum absolute atomic E-state index is 11.8. The van der Waals surface area contributed by atoms with Gasteiger partial charge < -0.3 is 14.3 Å². The first kappa shape index (κ1) is 15.4. The highest BCUT2D eigenvalue weighted by Crippen LogP contribution is 2.37. The summed E-state index contributed by atoms with van der Waals surface area (Å²) in [7, 11) is -0.474. The summed E-state index contributed by atoms with van der Waals surface area (Å²) in [6.07, 6.45) is 3.19. The van der Waals surface area contributed by atoms with E-state index in [9.17, 15) is 4.79 Å². The van der Waals surface area contributed by atoms with Crippen molar-refractivity contribution < 1.29 is 9.31 Å². The van der Waals surface area contributed by atoms with E-state index < -0.39 is 18.3 Å². The van der Waals surface area contributed by atoms with Crippen LogP contribution in [0.5, 0.6) is 0 Å². The molecule has 0 bridgehead atoms. The lowest BCUT2D eigenvalue weighted by molar-refractivity contribution is 0.00578. The van der Waals surface area contributed by atoms with Crippen LogP contribution in [0.2, 0.25) is 5.02 Å². The van der Waals surface area contributed by atoms with Crippen molar-refractivity contribution in [3.05, 3.63) is 38.7 Å². The van der Waals surface area contributed by atoms with Crippen molar-refractivity contribution in [1.29, 1.82) is 0 Å². The van der Waals surface area contributed by atoms with E-state index >= 15 is 0 Å². The quantitative estimate of drug-likeness (QED) is 0.853. The lowest BCUT2D eigenvalue weighted by Crippen LogP contribution is -2.41. The Bertz CT molecular complexity index is 591. The third-order valence-electron chi connectivity index (χ3n) is 4.03. The molecule has 108 valence electrons. The Morgan fingerprint density at radius 1 is 1.25 bits per heavy atom. The van der Waals surface area contributed by atoms with Gasteiger partial charge in [0.05, 0.1) is 16.2 Å². The number of rotatable bonds is 2. The fourth-order valence-electron chi connectivity index (χ4n) is 1.96. The van der Waals surface area contributed by atoms with Gasteiger partial charge in [0.15, 0.2) is 0 Å². The van der Waals surface area contributed by atoms with E-state index in [0.29, 0.717) is 10.6 Å². The maximum Gasteiger partial charge on any atom is 0.487 e. The minimum atomic E-state index is -0.474. The first-order valence-corrected chi connectivity index (χ1v) is 6.93. The molecule has 0 unspecified atom stereocenters. The molecule has 0 saturated carbocycles. The van der Waals surface area contributed by atoms with Crippen molar-refractivity contribution in [3.8, 4) is 0 Å². The zero-order chi connectivity index (χ0) is 15.1. The Balaban J connectivity index is 2.25. The van der Waals surface area contributed by atoms with Crippen LogP contribution in [0.25, 0.3) is 6.08 Å². The topological polar surface area (TPSA) is 51.3 Å². The summed E-state index contributed by atoms with van der Waals surface area (Å²) < 4.78 is 11.7. The third-order valence-corrected chi connectivity index (χ3v) is 4.42. The molecule has 0 spiro atoms. The van der Waals surface area contributed by atoms with E-state index in [1.165, 1.54) is 6.20 Å². The number of aromatic amines is 1. The van der Waals surface area contributed by atoms with E-state index in [1.807, 2.05) is 34.6 Å². The second-order valence-electron chi connectivity index (χ2n) is 5.99. The molecule has 20 heavy (non-hydrogen) atoms. The largest absolute Gasteiger partial charge is 0.487 e. The van der Waals surface area contributed by atoms with Crippen LogP contribution in [-0.4, -0.2) is 23.3 Å². The summed E-state index contributed by atoms with van der Waals surface area (Å²) in [4.78, 5) is 14.4. The van der Waals surface area contributed by atoms with E-state index in [4.69, 9.17) is 20.9 Å². The van der Waals surface area contributed by atoms with E-state index in [2.05, 4.69) is 4.98 Å². The third kappa shape index (κ3) is 2.71. The number of hydrogen-bond acceptors (Lipinski definition) is 3. The molecule has 2 heterocycles. The lowest BCUT2D eigenvalue weighted by atomic mass is 9.89. The van der Waals surface area contributed by atoms with Crippen LogP contribution in [0.1, 0.15) is 38.8 Å². The fraction of sp³-hybridized carbons (Fsp3) is 0.500. The predicted molar refractivity (Wildman–Crippen MR) is 81.9 cm³/mol. The molecule has 1 N–H and O–H groups in total. The van der Waals surface area contributed by atoms with Gasteiger partial charge >= 0.3 is 7.12 Å². The highest BCUT2D eigenvalue weighted by atomic mass is 35.5. The van der Waals surface area contributed by atoms with Crippen LogP contribution >= 0.6 is 11.6 Å². The van der Waals surface area contributed by atoms with E-state index in [0.717, 1.165) is 5.56 Å². The molecule has 1 saturated heterocycles. The van der Waals surface area contributed by atoms with Gasteiger partial charge in [0.2, 0.25) is 0 Å². The van der Waals surface area contributed by atoms with Gasteiger partial charge in [0.25, 0.3) is 5.56 Å². The predicted octanol–water partition coefficient (Wildman–Crippen LogP) is 2.98. The van der Waals surface area contributed by atoms with Crippen molar-refractivity contribution in [2.45, 2.75) is 45.8 Å². The molecule has 0 radical (unpaired) electrons. The Kier molecular flexibility index (Phi) is 3.89. The minimum absolute atomic E-state index is 0.181. The average molecular weight is 296 g/mol. The van der Waals surface area contributed by atoms with Gasteiger partial charge in [0.1, 0.15) is 0 Å². The SMILES string of the molecule is Cc1c(Cl)c[nH]c(=O)c1/C=C/B1OC(C)(C)C(C)(C)O1. The molecule has 1 fully saturated rings. The van der Waals surface area contributed by atoms with Gasteiger partial charge in [-0.05, 0) is 40.2 Å². The Morgan fingerprint density at radius 3 is 2.35 bits per heavy atom. The molecular weight excluding hydrogens is 276 g/mol. The van der Waals surface area contributed by atoms with Crippen LogP contribution in [0.4, 0.5) is 0 Å². The number of aromatic nitrogens is 1. The number of nitrogens with one attached hydrogen (secondary N) is 1. The molecule has 0 atom stereocenters. The van der Waals surface area contributed by atoms with Gasteiger partial charge in [-0.15, -0.1) is 0 Å². The summed E-state index contributed by atoms with van der Waals surface area (Å²) >= 11 is 6.01. The van der Waals surface area contributed by atoms with Gasteiger partial charge in [0, 0.05) is 11.8 Å². The maximum atomic E-state index is 11.8. The summed E-state index contributed by atoms with van der Waals surface area (Å²) in [6.45, 7) is 9.74. The Morgan fingerprint density at radius 2 is 1.80 bits per heavy atom. The Hall–Kier alpha value is -1.04. The molecule has 2 rings (SSSR count). The Labute approximate surface area is 124 Å². The first-order chi connectivity index (χ1) is 9.14.